The second-order valence-electron chi connectivity index (χ2n) is 6.43. The number of amides is 1. The van der Waals surface area contributed by atoms with Gasteiger partial charge in [-0.05, 0) is 43.9 Å². The Hall–Kier alpha value is -1.36. The summed E-state index contributed by atoms with van der Waals surface area (Å²) in [6.07, 6.45) is 2.23. The molecule has 0 radical (unpaired) electrons. The van der Waals surface area contributed by atoms with Gasteiger partial charge < -0.3 is 10.0 Å². The highest BCUT2D eigenvalue weighted by atomic mass is 79.9. The van der Waals surface area contributed by atoms with Gasteiger partial charge in [0.1, 0.15) is 0 Å². The van der Waals surface area contributed by atoms with Crippen LogP contribution in [0.5, 0.6) is 0 Å². The molecule has 2 fully saturated rings. The van der Waals surface area contributed by atoms with E-state index in [0.29, 0.717) is 19.5 Å². The predicted octanol–water partition coefficient (Wildman–Crippen LogP) is 2.80. The third-order valence-corrected chi connectivity index (χ3v) is 5.31. The molecule has 21 heavy (non-hydrogen) atoms. The molecular weight excluding hydrogens is 334 g/mol. The zero-order valence-electron chi connectivity index (χ0n) is 11.9. The summed E-state index contributed by atoms with van der Waals surface area (Å²) in [6.45, 7) is 2.58. The van der Waals surface area contributed by atoms with E-state index in [1.54, 1.807) is 11.8 Å². The molecule has 0 aromatic heterocycles. The Morgan fingerprint density at radius 2 is 2.00 bits per heavy atom. The van der Waals surface area contributed by atoms with Crippen molar-refractivity contribution in [2.75, 3.05) is 13.1 Å². The first-order chi connectivity index (χ1) is 9.87. The highest BCUT2D eigenvalue weighted by molar-refractivity contribution is 9.10. The van der Waals surface area contributed by atoms with Crippen molar-refractivity contribution >= 4 is 27.8 Å². The molecule has 0 bridgehead atoms. The minimum absolute atomic E-state index is 0.0885. The number of aliphatic carboxylic acids is 1. The van der Waals surface area contributed by atoms with Gasteiger partial charge in [0.05, 0.1) is 10.8 Å². The van der Waals surface area contributed by atoms with Crippen LogP contribution in [-0.2, 0) is 15.0 Å². The van der Waals surface area contributed by atoms with Crippen LogP contribution in [0.4, 0.5) is 0 Å². The van der Waals surface area contributed by atoms with Crippen molar-refractivity contribution in [2.45, 2.75) is 31.6 Å². The number of carbonyl (C=O) groups excluding carboxylic acids is 1. The largest absolute Gasteiger partial charge is 0.481 e. The van der Waals surface area contributed by atoms with E-state index in [1.807, 2.05) is 24.3 Å². The summed E-state index contributed by atoms with van der Waals surface area (Å²) in [5.74, 6) is -0.726. The van der Waals surface area contributed by atoms with Crippen LogP contribution in [0.1, 0.15) is 31.7 Å². The minimum atomic E-state index is -0.815. The zero-order valence-corrected chi connectivity index (χ0v) is 13.5. The highest BCUT2D eigenvalue weighted by Gasteiger charge is 2.55. The van der Waals surface area contributed by atoms with Gasteiger partial charge in [-0.15, -0.1) is 0 Å². The number of carboxylic acid groups (broad SMARTS) is 1. The number of benzene rings is 1. The summed E-state index contributed by atoms with van der Waals surface area (Å²) in [4.78, 5) is 25.9. The van der Waals surface area contributed by atoms with E-state index in [-0.39, 0.29) is 5.91 Å². The summed E-state index contributed by atoms with van der Waals surface area (Å²) in [6, 6.07) is 7.87. The first-order valence-electron chi connectivity index (χ1n) is 7.16. The summed E-state index contributed by atoms with van der Waals surface area (Å²) in [7, 11) is 0. The number of halogens is 1. The molecule has 1 amide bonds. The van der Waals surface area contributed by atoms with Gasteiger partial charge in [0.15, 0.2) is 0 Å². The van der Waals surface area contributed by atoms with Crippen molar-refractivity contribution in [1.82, 2.24) is 4.90 Å². The molecule has 1 atom stereocenters. The second-order valence-corrected chi connectivity index (χ2v) is 7.35. The lowest BCUT2D eigenvalue weighted by atomic mass is 9.90. The monoisotopic (exact) mass is 351 g/mol. The van der Waals surface area contributed by atoms with Gasteiger partial charge in [-0.1, -0.05) is 28.1 Å². The van der Waals surface area contributed by atoms with Crippen LogP contribution < -0.4 is 0 Å². The summed E-state index contributed by atoms with van der Waals surface area (Å²) in [5, 5.41) is 9.30. The lowest BCUT2D eigenvalue weighted by molar-refractivity contribution is -0.147. The molecule has 4 nitrogen and oxygen atoms in total. The van der Waals surface area contributed by atoms with Gasteiger partial charge in [-0.2, -0.15) is 0 Å². The molecule has 1 heterocycles. The maximum atomic E-state index is 12.9. The molecule has 2 aliphatic rings. The van der Waals surface area contributed by atoms with Gasteiger partial charge in [0.25, 0.3) is 0 Å². The average Bonchev–Trinajstić information content (AvgIpc) is 3.15. The Labute approximate surface area is 132 Å². The number of rotatable bonds is 3. The quantitative estimate of drug-likeness (QED) is 0.910. The minimum Gasteiger partial charge on any atom is -0.481 e. The highest BCUT2D eigenvalue weighted by Crippen LogP contribution is 2.51. The maximum absolute atomic E-state index is 12.9. The molecule has 1 saturated carbocycles. The third-order valence-electron chi connectivity index (χ3n) is 4.81. The maximum Gasteiger partial charge on any atom is 0.311 e. The first-order valence-corrected chi connectivity index (χ1v) is 7.96. The molecular formula is C16H18BrNO3. The van der Waals surface area contributed by atoms with E-state index in [2.05, 4.69) is 15.9 Å². The Balaban J connectivity index is 1.82. The fraction of sp³-hybridized carbons (Fsp3) is 0.500. The van der Waals surface area contributed by atoms with E-state index in [9.17, 15) is 14.7 Å². The number of hydrogen-bond donors (Lipinski definition) is 1. The summed E-state index contributed by atoms with van der Waals surface area (Å²) < 4.78 is 0.968. The Morgan fingerprint density at radius 3 is 2.52 bits per heavy atom. The van der Waals surface area contributed by atoms with Crippen molar-refractivity contribution in [3.8, 4) is 0 Å². The third kappa shape index (κ3) is 2.37. The Kier molecular flexibility index (Phi) is 3.35. The van der Waals surface area contributed by atoms with Gasteiger partial charge in [-0.25, -0.2) is 0 Å². The van der Waals surface area contributed by atoms with Gasteiger partial charge in [-0.3, -0.25) is 9.59 Å². The van der Waals surface area contributed by atoms with E-state index >= 15 is 0 Å². The molecule has 1 aliphatic carbocycles. The molecule has 5 heteroatoms. The molecule has 1 N–H and O–H groups in total. The van der Waals surface area contributed by atoms with Crippen molar-refractivity contribution < 1.29 is 14.7 Å². The van der Waals surface area contributed by atoms with Crippen LogP contribution >= 0.6 is 15.9 Å². The fourth-order valence-electron chi connectivity index (χ4n) is 3.15. The molecule has 0 spiro atoms. The molecule has 3 rings (SSSR count). The van der Waals surface area contributed by atoms with Crippen molar-refractivity contribution in [3.05, 3.63) is 34.3 Å². The van der Waals surface area contributed by atoms with Crippen molar-refractivity contribution in [3.63, 3.8) is 0 Å². The normalized spacial score (nSPS) is 26.7. The van der Waals surface area contributed by atoms with Crippen LogP contribution in [0.25, 0.3) is 0 Å². The Bertz CT molecular complexity index is 611. The number of likely N-dealkylation sites (tertiary alicyclic amines) is 1. The predicted molar refractivity (Wildman–Crippen MR) is 82.0 cm³/mol. The first kappa shape index (κ1) is 14.6. The topological polar surface area (TPSA) is 57.6 Å². The lowest BCUT2D eigenvalue weighted by Gasteiger charge is -2.25. The smallest absolute Gasteiger partial charge is 0.311 e. The summed E-state index contributed by atoms with van der Waals surface area (Å²) >= 11 is 3.45. The van der Waals surface area contributed by atoms with E-state index < -0.39 is 16.8 Å². The second kappa shape index (κ2) is 4.83. The number of carbonyl (C=O) groups is 2. The van der Waals surface area contributed by atoms with Gasteiger partial charge >= 0.3 is 5.97 Å². The van der Waals surface area contributed by atoms with Gasteiger partial charge in [0, 0.05) is 17.6 Å². The van der Waals surface area contributed by atoms with Gasteiger partial charge in [0.2, 0.25) is 5.91 Å². The number of hydrogen-bond acceptors (Lipinski definition) is 2. The lowest BCUT2D eigenvalue weighted by Crippen LogP contribution is -2.40. The van der Waals surface area contributed by atoms with Crippen LogP contribution in [0.15, 0.2) is 28.7 Å². The molecule has 112 valence electrons. The van der Waals surface area contributed by atoms with Crippen molar-refractivity contribution in [1.29, 1.82) is 0 Å². The van der Waals surface area contributed by atoms with Crippen molar-refractivity contribution in [2.24, 2.45) is 5.41 Å². The van der Waals surface area contributed by atoms with Crippen LogP contribution in [-0.4, -0.2) is 35.0 Å². The van der Waals surface area contributed by atoms with E-state index in [1.165, 1.54) is 0 Å². The summed E-state index contributed by atoms with van der Waals surface area (Å²) in [5.41, 5.74) is -0.192. The van der Waals surface area contributed by atoms with Crippen LogP contribution in [0.3, 0.4) is 0 Å². The molecule has 1 aromatic rings. The standard InChI is InChI=1S/C16H18BrNO3/c1-15(14(20)21)7-8-18(10-15)13(19)16(5-6-16)11-3-2-4-12(17)9-11/h2-4,9H,5-8,10H2,1H3,(H,20,21)/t15-/m0/s1. The Morgan fingerprint density at radius 1 is 1.29 bits per heavy atom. The number of carboxylic acids is 1. The SMILES string of the molecule is C[C@]1(C(=O)O)CCN(C(=O)C2(c3cccc(Br)c3)CC2)C1. The fourth-order valence-corrected chi connectivity index (χ4v) is 3.55. The molecule has 1 aromatic carbocycles. The zero-order chi connectivity index (χ0) is 15.3. The average molecular weight is 352 g/mol. The molecule has 1 aliphatic heterocycles. The van der Waals surface area contributed by atoms with E-state index in [4.69, 9.17) is 0 Å². The van der Waals surface area contributed by atoms with Crippen LogP contribution in [0, 0.1) is 5.41 Å². The number of nitrogens with zero attached hydrogens (tertiary/aromatic N) is 1. The van der Waals surface area contributed by atoms with E-state index in [0.717, 1.165) is 22.9 Å². The van der Waals surface area contributed by atoms with Crippen LogP contribution in [0.2, 0.25) is 0 Å². The molecule has 0 unspecified atom stereocenters. The molecule has 1 saturated heterocycles.